The Labute approximate surface area is 120 Å². The molecule has 1 saturated heterocycles. The summed E-state index contributed by atoms with van der Waals surface area (Å²) in [6.07, 6.45) is 6.19. The lowest BCUT2D eigenvalue weighted by molar-refractivity contribution is -0.158. The summed E-state index contributed by atoms with van der Waals surface area (Å²) in [4.78, 5) is 12.5. The summed E-state index contributed by atoms with van der Waals surface area (Å²) < 4.78 is 5.86. The first kappa shape index (κ1) is 13.6. The van der Waals surface area contributed by atoms with E-state index < -0.39 is 5.54 Å². The summed E-state index contributed by atoms with van der Waals surface area (Å²) in [5.41, 5.74) is 2.04. The quantitative estimate of drug-likeness (QED) is 0.841. The van der Waals surface area contributed by atoms with Gasteiger partial charge in [0.15, 0.2) is 0 Å². The van der Waals surface area contributed by atoms with E-state index >= 15 is 0 Å². The number of fused-ring (bicyclic) bond motifs is 1. The van der Waals surface area contributed by atoms with Gasteiger partial charge in [-0.15, -0.1) is 0 Å². The van der Waals surface area contributed by atoms with Crippen LogP contribution in [0, 0.1) is 0 Å². The molecule has 20 heavy (non-hydrogen) atoms. The fraction of sp³-hybridized carbons (Fsp3) is 0.588. The lowest BCUT2D eigenvalue weighted by atomic mass is 9.88. The Morgan fingerprint density at radius 1 is 1.30 bits per heavy atom. The molecule has 1 fully saturated rings. The second-order valence-corrected chi connectivity index (χ2v) is 6.20. The van der Waals surface area contributed by atoms with E-state index in [9.17, 15) is 4.79 Å². The van der Waals surface area contributed by atoms with Crippen LogP contribution in [0.5, 0.6) is 0 Å². The number of ether oxygens (including phenoxy) is 1. The molecule has 3 rings (SSSR count). The third kappa shape index (κ3) is 2.59. The van der Waals surface area contributed by atoms with Gasteiger partial charge in [0.1, 0.15) is 11.6 Å². The van der Waals surface area contributed by atoms with Gasteiger partial charge < -0.3 is 10.1 Å². The van der Waals surface area contributed by atoms with E-state index in [1.165, 1.54) is 11.1 Å². The monoisotopic (exact) mass is 273 g/mol. The van der Waals surface area contributed by atoms with Crippen LogP contribution in [0.4, 0.5) is 0 Å². The molecule has 2 aliphatic rings. The largest absolute Gasteiger partial charge is 0.456 e. The smallest absolute Gasteiger partial charge is 0.326 e. The van der Waals surface area contributed by atoms with E-state index in [1.807, 2.05) is 13.0 Å². The van der Waals surface area contributed by atoms with E-state index in [1.54, 1.807) is 0 Å². The molecular weight excluding hydrogens is 250 g/mol. The Hall–Kier alpha value is -1.35. The Bertz CT molecular complexity index is 492. The summed E-state index contributed by atoms with van der Waals surface area (Å²) in [6.45, 7) is 2.88. The lowest BCUT2D eigenvalue weighted by Crippen LogP contribution is -2.53. The zero-order valence-electron chi connectivity index (χ0n) is 12.2. The van der Waals surface area contributed by atoms with Gasteiger partial charge in [0.2, 0.25) is 0 Å². The van der Waals surface area contributed by atoms with Crippen molar-refractivity contribution in [2.45, 2.75) is 57.1 Å². The number of rotatable bonds is 2. The molecule has 1 N–H and O–H groups in total. The van der Waals surface area contributed by atoms with Crippen LogP contribution in [0.25, 0.3) is 0 Å². The standard InChI is InChI=1S/C17H23NO2/c1-17(11-4-5-12-18-17)16(19)20-15-10-6-8-13-7-2-3-9-14(13)15/h2-3,7,9,15,18H,4-6,8,10-12H2,1H3. The van der Waals surface area contributed by atoms with E-state index in [0.29, 0.717) is 0 Å². The van der Waals surface area contributed by atoms with Crippen LogP contribution < -0.4 is 5.32 Å². The van der Waals surface area contributed by atoms with Gasteiger partial charge in [-0.25, -0.2) is 0 Å². The molecule has 108 valence electrons. The maximum Gasteiger partial charge on any atom is 0.326 e. The molecule has 1 aromatic rings. The van der Waals surface area contributed by atoms with Crippen molar-refractivity contribution in [2.75, 3.05) is 6.54 Å². The molecule has 0 radical (unpaired) electrons. The maximum atomic E-state index is 12.5. The minimum atomic E-state index is -0.495. The summed E-state index contributed by atoms with van der Waals surface area (Å²) >= 11 is 0. The van der Waals surface area contributed by atoms with Crippen LogP contribution in [0.15, 0.2) is 24.3 Å². The Morgan fingerprint density at radius 2 is 2.15 bits per heavy atom. The molecule has 0 saturated carbocycles. The molecule has 1 aliphatic heterocycles. The van der Waals surface area contributed by atoms with Gasteiger partial charge in [-0.05, 0) is 63.1 Å². The molecule has 0 amide bonds. The highest BCUT2D eigenvalue weighted by molar-refractivity contribution is 5.80. The zero-order chi connectivity index (χ0) is 14.0. The number of piperidine rings is 1. The Kier molecular flexibility index (Phi) is 3.79. The van der Waals surface area contributed by atoms with Crippen molar-refractivity contribution in [3.8, 4) is 0 Å². The molecule has 0 bridgehead atoms. The van der Waals surface area contributed by atoms with Crippen LogP contribution in [0.1, 0.15) is 56.3 Å². The summed E-state index contributed by atoms with van der Waals surface area (Å²) in [5.74, 6) is -0.0843. The molecule has 1 aliphatic carbocycles. The van der Waals surface area contributed by atoms with Gasteiger partial charge in [-0.3, -0.25) is 4.79 Å². The zero-order valence-corrected chi connectivity index (χ0v) is 12.2. The Morgan fingerprint density at radius 3 is 2.95 bits per heavy atom. The number of hydrogen-bond donors (Lipinski definition) is 1. The number of aryl methyl sites for hydroxylation is 1. The van der Waals surface area contributed by atoms with Crippen LogP contribution in [0.3, 0.4) is 0 Å². The second-order valence-electron chi connectivity index (χ2n) is 6.20. The third-order valence-corrected chi connectivity index (χ3v) is 4.63. The highest BCUT2D eigenvalue weighted by Gasteiger charge is 2.38. The van der Waals surface area contributed by atoms with Crippen LogP contribution in [0.2, 0.25) is 0 Å². The van der Waals surface area contributed by atoms with Gasteiger partial charge in [-0.2, -0.15) is 0 Å². The molecule has 1 heterocycles. The van der Waals surface area contributed by atoms with Crippen molar-refractivity contribution in [3.63, 3.8) is 0 Å². The predicted octanol–water partition coefficient (Wildman–Crippen LogP) is 3.14. The van der Waals surface area contributed by atoms with Gasteiger partial charge >= 0.3 is 5.97 Å². The van der Waals surface area contributed by atoms with Gasteiger partial charge in [0, 0.05) is 0 Å². The van der Waals surface area contributed by atoms with Crippen molar-refractivity contribution in [1.29, 1.82) is 0 Å². The highest BCUT2D eigenvalue weighted by Crippen LogP contribution is 2.34. The number of nitrogens with one attached hydrogen (secondary N) is 1. The van der Waals surface area contributed by atoms with Gasteiger partial charge in [-0.1, -0.05) is 24.3 Å². The molecule has 0 spiro atoms. The molecular formula is C17H23NO2. The maximum absolute atomic E-state index is 12.5. The fourth-order valence-corrected chi connectivity index (χ4v) is 3.32. The summed E-state index contributed by atoms with van der Waals surface area (Å²) in [5, 5.41) is 3.33. The first-order valence-corrected chi connectivity index (χ1v) is 7.73. The first-order chi connectivity index (χ1) is 9.69. The Balaban J connectivity index is 1.74. The topological polar surface area (TPSA) is 38.3 Å². The van der Waals surface area contributed by atoms with Crippen molar-refractivity contribution in [3.05, 3.63) is 35.4 Å². The number of hydrogen-bond acceptors (Lipinski definition) is 3. The lowest BCUT2D eigenvalue weighted by Gasteiger charge is -2.35. The van der Waals surface area contributed by atoms with Crippen LogP contribution in [-0.4, -0.2) is 18.1 Å². The van der Waals surface area contributed by atoms with Crippen molar-refractivity contribution in [1.82, 2.24) is 5.32 Å². The molecule has 1 aromatic carbocycles. The number of benzene rings is 1. The highest BCUT2D eigenvalue weighted by atomic mass is 16.5. The SMILES string of the molecule is CC1(C(=O)OC2CCCc3ccccc32)CCCCN1. The molecule has 0 aromatic heterocycles. The number of esters is 1. The van der Waals surface area contributed by atoms with E-state index in [-0.39, 0.29) is 12.1 Å². The number of carbonyl (C=O) groups excluding carboxylic acids is 1. The normalized spacial score (nSPS) is 29.6. The van der Waals surface area contributed by atoms with Gasteiger partial charge in [0.25, 0.3) is 0 Å². The molecule has 2 atom stereocenters. The summed E-state index contributed by atoms with van der Waals surface area (Å²) in [7, 11) is 0. The first-order valence-electron chi connectivity index (χ1n) is 7.73. The minimum absolute atomic E-state index is 0.0620. The number of carbonyl (C=O) groups is 1. The molecule has 2 unspecified atom stereocenters. The van der Waals surface area contributed by atoms with E-state index in [2.05, 4.69) is 23.5 Å². The average molecular weight is 273 g/mol. The van der Waals surface area contributed by atoms with E-state index in [4.69, 9.17) is 4.74 Å². The van der Waals surface area contributed by atoms with Gasteiger partial charge in [0.05, 0.1) is 0 Å². The molecule has 3 nitrogen and oxygen atoms in total. The van der Waals surface area contributed by atoms with Crippen molar-refractivity contribution < 1.29 is 9.53 Å². The van der Waals surface area contributed by atoms with E-state index in [0.717, 1.165) is 45.1 Å². The second kappa shape index (κ2) is 5.57. The average Bonchev–Trinajstić information content (AvgIpc) is 2.48. The van der Waals surface area contributed by atoms with Crippen molar-refractivity contribution >= 4 is 5.97 Å². The summed E-state index contributed by atoms with van der Waals surface area (Å²) in [6, 6.07) is 8.34. The van der Waals surface area contributed by atoms with Crippen LogP contribution >= 0.6 is 0 Å². The molecule has 3 heteroatoms. The minimum Gasteiger partial charge on any atom is -0.456 e. The predicted molar refractivity (Wildman–Crippen MR) is 78.5 cm³/mol. The van der Waals surface area contributed by atoms with Crippen LogP contribution in [-0.2, 0) is 16.0 Å². The third-order valence-electron chi connectivity index (χ3n) is 4.63. The van der Waals surface area contributed by atoms with Crippen molar-refractivity contribution in [2.24, 2.45) is 0 Å². The fourth-order valence-electron chi connectivity index (χ4n) is 3.32.